The number of primary amides is 1. The van der Waals surface area contributed by atoms with Gasteiger partial charge in [-0.15, -0.1) is 0 Å². The van der Waals surface area contributed by atoms with Crippen LogP contribution in [0.25, 0.3) is 0 Å². The minimum atomic E-state index is -1.12. The highest BCUT2D eigenvalue weighted by molar-refractivity contribution is 5.92. The summed E-state index contributed by atoms with van der Waals surface area (Å²) in [6.45, 7) is 0.594. The van der Waals surface area contributed by atoms with Crippen molar-refractivity contribution in [2.24, 2.45) is 5.73 Å². The first-order chi connectivity index (χ1) is 13.9. The molecular formula is C20H22FN3O5. The molecule has 9 heteroatoms. The lowest BCUT2D eigenvalue weighted by Gasteiger charge is -2.41. The molecule has 1 aromatic heterocycles. The molecule has 1 fully saturated rings. The normalized spacial score (nSPS) is 18.9. The van der Waals surface area contributed by atoms with Crippen molar-refractivity contribution in [3.8, 4) is 11.5 Å². The number of nitrogens with two attached hydrogens (primary N) is 1. The number of morpholine rings is 1. The molecule has 1 saturated heterocycles. The van der Waals surface area contributed by atoms with Crippen molar-refractivity contribution in [1.29, 1.82) is 0 Å². The highest BCUT2D eigenvalue weighted by Crippen LogP contribution is 2.25. The zero-order valence-electron chi connectivity index (χ0n) is 16.0. The van der Waals surface area contributed by atoms with Crippen LogP contribution in [0.5, 0.6) is 11.5 Å². The Morgan fingerprint density at radius 3 is 2.72 bits per heavy atom. The third-order valence-electron chi connectivity index (χ3n) is 4.53. The van der Waals surface area contributed by atoms with E-state index in [-0.39, 0.29) is 43.6 Å². The summed E-state index contributed by atoms with van der Waals surface area (Å²) in [6.07, 6.45) is 1.35. The van der Waals surface area contributed by atoms with E-state index in [1.54, 1.807) is 17.0 Å². The van der Waals surface area contributed by atoms with Gasteiger partial charge < -0.3 is 24.8 Å². The summed E-state index contributed by atoms with van der Waals surface area (Å²) in [5, 5.41) is 0. The summed E-state index contributed by atoms with van der Waals surface area (Å²) in [4.78, 5) is 30.2. The van der Waals surface area contributed by atoms with Gasteiger partial charge in [0.25, 0.3) is 5.91 Å². The fourth-order valence-electron chi connectivity index (χ4n) is 3.14. The molecule has 0 spiro atoms. The maximum atomic E-state index is 13.1. The molecule has 1 atom stereocenters. The quantitative estimate of drug-likeness (QED) is 0.749. The first kappa shape index (κ1) is 20.5. The molecule has 0 radical (unpaired) electrons. The Bertz CT molecular complexity index is 877. The minimum absolute atomic E-state index is 0.0309. The van der Waals surface area contributed by atoms with E-state index in [0.717, 1.165) is 0 Å². The summed E-state index contributed by atoms with van der Waals surface area (Å²) in [6, 6.07) is 8.66. The predicted octanol–water partition coefficient (Wildman–Crippen LogP) is 1.39. The van der Waals surface area contributed by atoms with Gasteiger partial charge in [-0.05, 0) is 30.3 Å². The second-order valence-corrected chi connectivity index (χ2v) is 6.72. The summed E-state index contributed by atoms with van der Waals surface area (Å²) in [5.74, 6) is -0.360. The Balaban J connectivity index is 1.76. The van der Waals surface area contributed by atoms with Crippen LogP contribution in [0.3, 0.4) is 0 Å². The van der Waals surface area contributed by atoms with E-state index < -0.39 is 11.5 Å². The maximum Gasteiger partial charge on any atom is 0.272 e. The van der Waals surface area contributed by atoms with Crippen LogP contribution in [0.1, 0.15) is 16.9 Å². The Kier molecular flexibility index (Phi) is 6.28. The van der Waals surface area contributed by atoms with Gasteiger partial charge in [-0.3, -0.25) is 14.6 Å². The molecule has 2 N–H and O–H groups in total. The van der Waals surface area contributed by atoms with Crippen molar-refractivity contribution in [3.05, 3.63) is 54.1 Å². The fraction of sp³-hybridized carbons (Fsp3) is 0.350. The fourth-order valence-corrected chi connectivity index (χ4v) is 3.14. The van der Waals surface area contributed by atoms with Crippen molar-refractivity contribution < 1.29 is 28.2 Å². The zero-order chi connectivity index (χ0) is 20.9. The highest BCUT2D eigenvalue weighted by Gasteiger charge is 2.41. The Morgan fingerprint density at radius 1 is 1.28 bits per heavy atom. The largest absolute Gasteiger partial charge is 0.497 e. The SMILES string of the molecule is COc1ccnc(C(=O)N2CCO[C@](COc3ccc(F)cc3)(CC(N)=O)C2)c1. The molecule has 2 amide bonds. The number of carbonyl (C=O) groups excluding carboxylic acids is 2. The molecule has 2 heterocycles. The van der Waals surface area contributed by atoms with Gasteiger partial charge in [-0.25, -0.2) is 4.39 Å². The second kappa shape index (κ2) is 8.87. The summed E-state index contributed by atoms with van der Waals surface area (Å²) in [5.41, 5.74) is 4.51. The minimum Gasteiger partial charge on any atom is -0.497 e. The summed E-state index contributed by atoms with van der Waals surface area (Å²) in [7, 11) is 1.50. The van der Waals surface area contributed by atoms with E-state index in [1.807, 2.05) is 0 Å². The molecule has 0 saturated carbocycles. The number of benzene rings is 1. The third-order valence-corrected chi connectivity index (χ3v) is 4.53. The van der Waals surface area contributed by atoms with Crippen molar-refractivity contribution >= 4 is 11.8 Å². The van der Waals surface area contributed by atoms with Crippen molar-refractivity contribution in [2.45, 2.75) is 12.0 Å². The van der Waals surface area contributed by atoms with Crippen LogP contribution in [0.4, 0.5) is 4.39 Å². The average Bonchev–Trinajstić information content (AvgIpc) is 2.72. The topological polar surface area (TPSA) is 104 Å². The number of amides is 2. The number of methoxy groups -OCH3 is 1. The van der Waals surface area contributed by atoms with Gasteiger partial charge in [0, 0.05) is 18.8 Å². The standard InChI is InChI=1S/C20H22FN3O5/c1-27-16-6-7-23-17(10-16)19(26)24-8-9-29-20(12-24,11-18(22)25)13-28-15-4-2-14(21)3-5-15/h2-7,10H,8-9,11-13H2,1H3,(H2,22,25)/t20-/m1/s1. The molecule has 2 aromatic rings. The van der Waals surface area contributed by atoms with Crippen molar-refractivity contribution in [1.82, 2.24) is 9.88 Å². The van der Waals surface area contributed by atoms with Gasteiger partial charge in [-0.1, -0.05) is 0 Å². The lowest BCUT2D eigenvalue weighted by atomic mass is 9.97. The van der Waals surface area contributed by atoms with Crippen LogP contribution < -0.4 is 15.2 Å². The van der Waals surface area contributed by atoms with E-state index >= 15 is 0 Å². The van der Waals surface area contributed by atoms with Crippen LogP contribution in [-0.2, 0) is 9.53 Å². The smallest absolute Gasteiger partial charge is 0.272 e. The first-order valence-electron chi connectivity index (χ1n) is 9.01. The molecule has 1 aromatic carbocycles. The molecule has 0 aliphatic carbocycles. The van der Waals surface area contributed by atoms with Crippen molar-refractivity contribution in [2.75, 3.05) is 33.4 Å². The number of halogens is 1. The average molecular weight is 403 g/mol. The van der Waals surface area contributed by atoms with Gasteiger partial charge in [0.15, 0.2) is 0 Å². The summed E-state index contributed by atoms with van der Waals surface area (Å²) < 4.78 is 29.8. The van der Waals surface area contributed by atoms with Crippen LogP contribution in [0, 0.1) is 5.82 Å². The van der Waals surface area contributed by atoms with E-state index in [2.05, 4.69) is 4.98 Å². The zero-order valence-corrected chi connectivity index (χ0v) is 16.0. The van der Waals surface area contributed by atoms with E-state index in [4.69, 9.17) is 19.9 Å². The van der Waals surface area contributed by atoms with E-state index in [0.29, 0.717) is 18.0 Å². The van der Waals surface area contributed by atoms with E-state index in [9.17, 15) is 14.0 Å². The Morgan fingerprint density at radius 2 is 2.03 bits per heavy atom. The van der Waals surface area contributed by atoms with E-state index in [1.165, 1.54) is 37.6 Å². The van der Waals surface area contributed by atoms with Gasteiger partial charge in [0.1, 0.15) is 35.2 Å². The van der Waals surface area contributed by atoms with Crippen LogP contribution in [0.2, 0.25) is 0 Å². The molecule has 1 aliphatic heterocycles. The van der Waals surface area contributed by atoms with Crippen LogP contribution >= 0.6 is 0 Å². The van der Waals surface area contributed by atoms with Crippen LogP contribution in [-0.4, -0.2) is 60.7 Å². The Labute approximate surface area is 167 Å². The lowest BCUT2D eigenvalue weighted by molar-refractivity contribution is -0.142. The van der Waals surface area contributed by atoms with Gasteiger partial charge in [-0.2, -0.15) is 0 Å². The van der Waals surface area contributed by atoms with Crippen LogP contribution in [0.15, 0.2) is 42.6 Å². The van der Waals surface area contributed by atoms with Gasteiger partial charge in [0.2, 0.25) is 5.91 Å². The van der Waals surface area contributed by atoms with Crippen molar-refractivity contribution in [3.63, 3.8) is 0 Å². The molecule has 3 rings (SSSR count). The molecule has 0 unspecified atom stereocenters. The second-order valence-electron chi connectivity index (χ2n) is 6.72. The van der Waals surface area contributed by atoms with Gasteiger partial charge in [0.05, 0.1) is 26.7 Å². The van der Waals surface area contributed by atoms with Gasteiger partial charge >= 0.3 is 0 Å². The molecular weight excluding hydrogens is 381 g/mol. The molecule has 1 aliphatic rings. The molecule has 0 bridgehead atoms. The number of hydrogen-bond donors (Lipinski definition) is 1. The first-order valence-corrected chi connectivity index (χ1v) is 9.01. The number of hydrogen-bond acceptors (Lipinski definition) is 6. The Hall–Kier alpha value is -3.20. The molecule has 8 nitrogen and oxygen atoms in total. The highest BCUT2D eigenvalue weighted by atomic mass is 19.1. The predicted molar refractivity (Wildman–Crippen MR) is 101 cm³/mol. The number of rotatable bonds is 7. The molecule has 154 valence electrons. The summed E-state index contributed by atoms with van der Waals surface area (Å²) >= 11 is 0. The third kappa shape index (κ3) is 5.20. The number of ether oxygens (including phenoxy) is 3. The monoisotopic (exact) mass is 403 g/mol. The lowest BCUT2D eigenvalue weighted by Crippen LogP contribution is -2.58. The number of pyridine rings is 1. The molecule has 29 heavy (non-hydrogen) atoms. The number of nitrogens with zero attached hydrogens (tertiary/aromatic N) is 2. The number of aromatic nitrogens is 1. The maximum absolute atomic E-state index is 13.1. The number of carbonyl (C=O) groups is 2.